The SMILES string of the molecule is CC(=O)N[C@@H]1C[C@@H]2CC[C@H]1N2C(C)=O. The van der Waals surface area contributed by atoms with E-state index in [9.17, 15) is 9.59 Å². The van der Waals surface area contributed by atoms with Gasteiger partial charge in [0.2, 0.25) is 11.8 Å². The molecule has 0 aromatic carbocycles. The van der Waals surface area contributed by atoms with Crippen molar-refractivity contribution in [1.29, 1.82) is 0 Å². The Balaban J connectivity index is 2.07. The molecule has 0 spiro atoms. The maximum absolute atomic E-state index is 11.4. The van der Waals surface area contributed by atoms with Crippen LogP contribution in [0, 0.1) is 0 Å². The molecule has 2 amide bonds. The zero-order chi connectivity index (χ0) is 10.3. The van der Waals surface area contributed by atoms with Crippen molar-refractivity contribution < 1.29 is 9.59 Å². The lowest BCUT2D eigenvalue weighted by Crippen LogP contribution is -2.44. The van der Waals surface area contributed by atoms with Crippen molar-refractivity contribution in [2.75, 3.05) is 0 Å². The summed E-state index contributed by atoms with van der Waals surface area (Å²) in [5.74, 6) is 0.149. The number of rotatable bonds is 1. The largest absolute Gasteiger partial charge is 0.351 e. The molecule has 2 aliphatic heterocycles. The second-order valence-corrected chi connectivity index (χ2v) is 4.27. The minimum Gasteiger partial charge on any atom is -0.351 e. The molecule has 2 aliphatic rings. The summed E-state index contributed by atoms with van der Waals surface area (Å²) in [5, 5.41) is 2.93. The molecule has 2 heterocycles. The van der Waals surface area contributed by atoms with E-state index in [1.807, 2.05) is 4.90 Å². The van der Waals surface area contributed by atoms with Crippen LogP contribution in [0.1, 0.15) is 33.1 Å². The topological polar surface area (TPSA) is 49.4 Å². The first-order valence-corrected chi connectivity index (χ1v) is 5.15. The number of carbonyl (C=O) groups is 2. The summed E-state index contributed by atoms with van der Waals surface area (Å²) in [6, 6.07) is 0.811. The predicted octanol–water partition coefficient (Wildman–Crippen LogP) is 0.274. The highest BCUT2D eigenvalue weighted by atomic mass is 16.2. The Hall–Kier alpha value is -1.06. The van der Waals surface area contributed by atoms with Crippen molar-refractivity contribution in [3.8, 4) is 0 Å². The third kappa shape index (κ3) is 1.38. The van der Waals surface area contributed by atoms with Gasteiger partial charge in [0, 0.05) is 19.9 Å². The molecule has 4 nitrogen and oxygen atoms in total. The average Bonchev–Trinajstić information content (AvgIpc) is 2.58. The maximum Gasteiger partial charge on any atom is 0.220 e. The highest BCUT2D eigenvalue weighted by Gasteiger charge is 2.47. The lowest BCUT2D eigenvalue weighted by atomic mass is 9.95. The molecule has 2 saturated heterocycles. The molecule has 1 N–H and O–H groups in total. The van der Waals surface area contributed by atoms with Gasteiger partial charge >= 0.3 is 0 Å². The summed E-state index contributed by atoms with van der Waals surface area (Å²) in [5.41, 5.74) is 0. The number of hydrogen-bond acceptors (Lipinski definition) is 2. The Morgan fingerprint density at radius 3 is 2.50 bits per heavy atom. The van der Waals surface area contributed by atoms with Gasteiger partial charge in [0.05, 0.1) is 12.1 Å². The Bertz CT molecular complexity index is 277. The molecule has 0 unspecified atom stereocenters. The van der Waals surface area contributed by atoms with E-state index < -0.39 is 0 Å². The van der Waals surface area contributed by atoms with Crippen LogP contribution in [0.15, 0.2) is 0 Å². The van der Waals surface area contributed by atoms with E-state index in [-0.39, 0.29) is 23.9 Å². The predicted molar refractivity (Wildman–Crippen MR) is 51.6 cm³/mol. The fourth-order valence-electron chi connectivity index (χ4n) is 2.90. The smallest absolute Gasteiger partial charge is 0.220 e. The van der Waals surface area contributed by atoms with Crippen molar-refractivity contribution in [1.82, 2.24) is 10.2 Å². The first-order valence-electron chi connectivity index (χ1n) is 5.15. The molecule has 0 aliphatic carbocycles. The van der Waals surface area contributed by atoms with Crippen LogP contribution in [-0.4, -0.2) is 34.8 Å². The van der Waals surface area contributed by atoms with Gasteiger partial charge in [-0.2, -0.15) is 0 Å². The van der Waals surface area contributed by atoms with Crippen molar-refractivity contribution >= 4 is 11.8 Å². The van der Waals surface area contributed by atoms with E-state index in [1.54, 1.807) is 6.92 Å². The Morgan fingerprint density at radius 1 is 1.29 bits per heavy atom. The first-order chi connectivity index (χ1) is 6.59. The first kappa shape index (κ1) is 9.49. The van der Waals surface area contributed by atoms with Gasteiger partial charge in [-0.15, -0.1) is 0 Å². The highest BCUT2D eigenvalue weighted by Crippen LogP contribution is 2.37. The van der Waals surface area contributed by atoms with E-state index in [0.717, 1.165) is 19.3 Å². The van der Waals surface area contributed by atoms with Crippen molar-refractivity contribution in [2.45, 2.75) is 51.2 Å². The molecule has 14 heavy (non-hydrogen) atoms. The molecule has 2 bridgehead atoms. The number of amides is 2. The van der Waals surface area contributed by atoms with E-state index >= 15 is 0 Å². The molecule has 0 radical (unpaired) electrons. The summed E-state index contributed by atoms with van der Waals surface area (Å²) in [6.07, 6.45) is 3.07. The fraction of sp³-hybridized carbons (Fsp3) is 0.800. The molecule has 0 saturated carbocycles. The summed E-state index contributed by atoms with van der Waals surface area (Å²) in [4.78, 5) is 24.2. The van der Waals surface area contributed by atoms with Gasteiger partial charge in [0.1, 0.15) is 0 Å². The fourth-order valence-corrected chi connectivity index (χ4v) is 2.90. The minimum atomic E-state index is 0.00560. The van der Waals surface area contributed by atoms with E-state index in [2.05, 4.69) is 5.32 Å². The molecule has 78 valence electrons. The van der Waals surface area contributed by atoms with Gasteiger partial charge in [-0.25, -0.2) is 0 Å². The molecule has 2 rings (SSSR count). The van der Waals surface area contributed by atoms with Gasteiger partial charge in [-0.1, -0.05) is 0 Å². The van der Waals surface area contributed by atoms with Crippen molar-refractivity contribution in [3.05, 3.63) is 0 Å². The van der Waals surface area contributed by atoms with E-state index in [4.69, 9.17) is 0 Å². The summed E-state index contributed by atoms with van der Waals surface area (Å²) in [7, 11) is 0. The zero-order valence-electron chi connectivity index (χ0n) is 8.62. The standard InChI is InChI=1S/C10H16N2O2/c1-6(13)11-9-5-8-3-4-10(9)12(8)7(2)14/h8-10H,3-5H2,1-2H3,(H,11,13)/t8-,9+,10+/m0/s1. The highest BCUT2D eigenvalue weighted by molar-refractivity contribution is 5.76. The van der Waals surface area contributed by atoms with Gasteiger partial charge in [-0.05, 0) is 19.3 Å². The van der Waals surface area contributed by atoms with Crippen LogP contribution in [0.2, 0.25) is 0 Å². The maximum atomic E-state index is 11.4. The van der Waals surface area contributed by atoms with Gasteiger partial charge in [0.15, 0.2) is 0 Å². The third-order valence-corrected chi connectivity index (χ3v) is 3.29. The van der Waals surface area contributed by atoms with E-state index in [0.29, 0.717) is 6.04 Å². The number of hydrogen-bond donors (Lipinski definition) is 1. The second kappa shape index (κ2) is 3.26. The normalized spacial score (nSPS) is 34.7. The van der Waals surface area contributed by atoms with Crippen LogP contribution in [0.5, 0.6) is 0 Å². The monoisotopic (exact) mass is 196 g/mol. The van der Waals surface area contributed by atoms with Gasteiger partial charge in [0.25, 0.3) is 0 Å². The summed E-state index contributed by atoms with van der Waals surface area (Å²) < 4.78 is 0. The average molecular weight is 196 g/mol. The van der Waals surface area contributed by atoms with Crippen molar-refractivity contribution in [3.63, 3.8) is 0 Å². The van der Waals surface area contributed by atoms with Crippen molar-refractivity contribution in [2.24, 2.45) is 0 Å². The number of nitrogens with zero attached hydrogens (tertiary/aromatic N) is 1. The summed E-state index contributed by atoms with van der Waals surface area (Å²) >= 11 is 0. The minimum absolute atomic E-state index is 0.00560. The molecular weight excluding hydrogens is 180 g/mol. The van der Waals surface area contributed by atoms with Crippen LogP contribution in [0.4, 0.5) is 0 Å². The number of nitrogens with one attached hydrogen (secondary N) is 1. The zero-order valence-corrected chi connectivity index (χ0v) is 8.62. The molecular formula is C10H16N2O2. The summed E-state index contributed by atoms with van der Waals surface area (Å²) in [6.45, 7) is 3.14. The van der Waals surface area contributed by atoms with Crippen LogP contribution >= 0.6 is 0 Å². The Labute approximate surface area is 83.6 Å². The Kier molecular flexibility index (Phi) is 2.21. The van der Waals surface area contributed by atoms with Crippen LogP contribution in [0.3, 0.4) is 0 Å². The van der Waals surface area contributed by atoms with Gasteiger partial charge < -0.3 is 10.2 Å². The van der Waals surface area contributed by atoms with Crippen LogP contribution in [0.25, 0.3) is 0 Å². The van der Waals surface area contributed by atoms with Crippen LogP contribution in [-0.2, 0) is 9.59 Å². The second-order valence-electron chi connectivity index (χ2n) is 4.27. The van der Waals surface area contributed by atoms with Crippen LogP contribution < -0.4 is 5.32 Å². The third-order valence-electron chi connectivity index (χ3n) is 3.29. The quantitative estimate of drug-likeness (QED) is 0.654. The van der Waals surface area contributed by atoms with E-state index in [1.165, 1.54) is 6.92 Å². The molecule has 3 atom stereocenters. The number of fused-ring (bicyclic) bond motifs is 2. The molecule has 0 aromatic heterocycles. The van der Waals surface area contributed by atoms with Gasteiger partial charge in [-0.3, -0.25) is 9.59 Å². The lowest BCUT2D eigenvalue weighted by molar-refractivity contribution is -0.130. The number of carbonyl (C=O) groups excluding carboxylic acids is 2. The molecule has 0 aromatic rings. The lowest BCUT2D eigenvalue weighted by Gasteiger charge is -2.23. The Morgan fingerprint density at radius 2 is 2.00 bits per heavy atom. The molecule has 4 heteroatoms. The molecule has 2 fully saturated rings.